The van der Waals surface area contributed by atoms with Gasteiger partial charge in [0.25, 0.3) is 0 Å². The highest BCUT2D eigenvalue weighted by atomic mass is 14.3. The van der Waals surface area contributed by atoms with E-state index in [1.807, 2.05) is 0 Å². The van der Waals surface area contributed by atoms with Crippen LogP contribution in [-0.2, 0) is 0 Å². The molecule has 0 N–H and O–H groups in total. The van der Waals surface area contributed by atoms with Crippen LogP contribution >= 0.6 is 0 Å². The highest BCUT2D eigenvalue weighted by Crippen LogP contribution is 2.52. The summed E-state index contributed by atoms with van der Waals surface area (Å²) in [5, 5.41) is 48.0. The largest absolute Gasteiger partial charge is 0.0610 e. The van der Waals surface area contributed by atoms with Gasteiger partial charge >= 0.3 is 0 Å². The Labute approximate surface area is 575 Å². The van der Waals surface area contributed by atoms with E-state index in [1.54, 1.807) is 0 Å². The summed E-state index contributed by atoms with van der Waals surface area (Å²) in [4.78, 5) is 0. The molecule has 0 heterocycles. The van der Waals surface area contributed by atoms with Crippen molar-refractivity contribution in [3.8, 4) is 44.5 Å². The normalized spacial score (nSPS) is 12.6. The van der Waals surface area contributed by atoms with Gasteiger partial charge in [0.2, 0.25) is 0 Å². The molecule has 0 aliphatic rings. The molecular weight excluding hydrogens is 1200 g/mol. The van der Waals surface area contributed by atoms with E-state index in [9.17, 15) is 0 Å². The molecule has 0 unspecified atom stereocenters. The third kappa shape index (κ3) is 7.19. The average molecular weight is 1260 g/mol. The second-order valence-corrected chi connectivity index (χ2v) is 29.0. The topological polar surface area (TPSA) is 0 Å². The van der Waals surface area contributed by atoms with Crippen LogP contribution in [0.25, 0.3) is 238 Å². The van der Waals surface area contributed by atoms with Crippen molar-refractivity contribution in [1.82, 2.24) is 0 Å². The summed E-state index contributed by atoms with van der Waals surface area (Å²) in [7, 11) is 0. The van der Waals surface area contributed by atoms with Crippen molar-refractivity contribution in [1.29, 1.82) is 0 Å². The summed E-state index contributed by atoms with van der Waals surface area (Å²) in [6, 6.07) is 111. The first kappa shape index (κ1) is 54.6. The van der Waals surface area contributed by atoms with E-state index in [4.69, 9.17) is 0 Å². The van der Waals surface area contributed by atoms with E-state index in [0.717, 1.165) is 0 Å². The van der Waals surface area contributed by atoms with Gasteiger partial charge in [-0.15, -0.1) is 0 Å². The average Bonchev–Trinajstić information content (AvgIpc) is 0.717. The zero-order valence-electron chi connectivity index (χ0n) is 55.7. The van der Waals surface area contributed by atoms with E-state index >= 15 is 0 Å². The van der Waals surface area contributed by atoms with Crippen molar-refractivity contribution >= 4 is 194 Å². The molecule has 460 valence electrons. The fourth-order valence-electron chi connectivity index (χ4n) is 19.4. The molecular formula is C100H60. The van der Waals surface area contributed by atoms with Crippen molar-refractivity contribution in [3.05, 3.63) is 313 Å². The zero-order chi connectivity index (χ0) is 65.7. The van der Waals surface area contributed by atoms with Crippen molar-refractivity contribution < 1.29 is 0 Å². The van der Waals surface area contributed by atoms with Crippen molar-refractivity contribution in [2.75, 3.05) is 0 Å². The smallest absolute Gasteiger partial charge is 0.00177 e. The Hall–Kier alpha value is -12.5. The molecule has 0 aromatic heterocycles. The first-order chi connectivity index (χ1) is 49.2. The summed E-state index contributed by atoms with van der Waals surface area (Å²) in [6.45, 7) is 9.04. The van der Waals surface area contributed by atoms with Crippen LogP contribution in [0.5, 0.6) is 0 Å². The van der Waals surface area contributed by atoms with E-state index < -0.39 is 0 Å². The lowest BCUT2D eigenvalue weighted by Crippen LogP contribution is -1.94. The maximum atomic E-state index is 2.43. The molecule has 24 aromatic carbocycles. The van der Waals surface area contributed by atoms with Crippen molar-refractivity contribution in [3.63, 3.8) is 0 Å². The molecule has 0 aliphatic heterocycles. The lowest BCUT2D eigenvalue weighted by molar-refractivity contribution is 1.54. The van der Waals surface area contributed by atoms with Crippen LogP contribution in [0.1, 0.15) is 22.3 Å². The molecule has 0 radical (unpaired) electrons. The predicted octanol–water partition coefficient (Wildman–Crippen LogP) is 28.7. The Balaban J connectivity index is 0.000000124. The minimum Gasteiger partial charge on any atom is -0.0610 e. The Bertz CT molecular complexity index is 7640. The van der Waals surface area contributed by atoms with Gasteiger partial charge in [-0.05, 0) is 288 Å². The summed E-state index contributed by atoms with van der Waals surface area (Å²) < 4.78 is 0. The number of hydrogen-bond acceptors (Lipinski definition) is 0. The summed E-state index contributed by atoms with van der Waals surface area (Å²) >= 11 is 0. The number of rotatable bonds is 4. The third-order valence-corrected chi connectivity index (χ3v) is 24.0. The molecule has 0 nitrogen and oxygen atoms in total. The molecule has 0 amide bonds. The fraction of sp³-hybridized carbons (Fsp3) is 0.0400. The molecule has 0 atom stereocenters. The first-order valence-corrected chi connectivity index (χ1v) is 35.4. The second-order valence-electron chi connectivity index (χ2n) is 29.0. The Kier molecular flexibility index (Phi) is 10.7. The fourth-order valence-corrected chi connectivity index (χ4v) is 19.4. The maximum Gasteiger partial charge on any atom is -0.00177 e. The summed E-state index contributed by atoms with van der Waals surface area (Å²) in [5.74, 6) is 0. The van der Waals surface area contributed by atoms with Crippen LogP contribution in [0, 0.1) is 27.7 Å². The molecule has 0 spiro atoms. The number of hydrogen-bond donors (Lipinski definition) is 0. The Morgan fingerprint density at radius 2 is 0.290 bits per heavy atom. The van der Waals surface area contributed by atoms with Gasteiger partial charge in [-0.25, -0.2) is 0 Å². The lowest BCUT2D eigenvalue weighted by Gasteiger charge is -2.21. The zero-order valence-corrected chi connectivity index (χ0v) is 55.7. The van der Waals surface area contributed by atoms with Crippen LogP contribution in [0.2, 0.25) is 0 Å². The Morgan fingerprint density at radius 3 is 0.580 bits per heavy atom. The number of aryl methyl sites for hydroxylation is 4. The highest BCUT2D eigenvalue weighted by molar-refractivity contribution is 6.36. The van der Waals surface area contributed by atoms with Gasteiger partial charge in [-0.3, -0.25) is 0 Å². The molecule has 24 rings (SSSR count). The minimum atomic E-state index is 1.29. The predicted molar refractivity (Wildman–Crippen MR) is 436 cm³/mol. The van der Waals surface area contributed by atoms with Gasteiger partial charge in [0.05, 0.1) is 0 Å². The molecule has 24 aromatic rings. The van der Waals surface area contributed by atoms with E-state index in [-0.39, 0.29) is 0 Å². The first-order valence-electron chi connectivity index (χ1n) is 35.4. The van der Waals surface area contributed by atoms with Gasteiger partial charge in [0.15, 0.2) is 0 Å². The van der Waals surface area contributed by atoms with Crippen molar-refractivity contribution in [2.45, 2.75) is 27.7 Å². The van der Waals surface area contributed by atoms with Crippen LogP contribution in [0.4, 0.5) is 0 Å². The molecule has 0 heteroatoms. The van der Waals surface area contributed by atoms with Gasteiger partial charge in [0, 0.05) is 0 Å². The van der Waals surface area contributed by atoms with Crippen LogP contribution in [0.15, 0.2) is 291 Å². The van der Waals surface area contributed by atoms with Crippen LogP contribution < -0.4 is 0 Å². The van der Waals surface area contributed by atoms with Gasteiger partial charge < -0.3 is 0 Å². The monoisotopic (exact) mass is 1260 g/mol. The summed E-state index contributed by atoms with van der Waals surface area (Å²) in [5.41, 5.74) is 15.7. The summed E-state index contributed by atoms with van der Waals surface area (Å²) in [6.07, 6.45) is 0. The second kappa shape index (κ2) is 19.6. The lowest BCUT2D eigenvalue weighted by atomic mass is 9.83. The van der Waals surface area contributed by atoms with Gasteiger partial charge in [0.1, 0.15) is 0 Å². The van der Waals surface area contributed by atoms with E-state index in [0.29, 0.717) is 0 Å². The highest BCUT2D eigenvalue weighted by Gasteiger charge is 2.24. The molecule has 0 fully saturated rings. The minimum absolute atomic E-state index is 1.29. The molecule has 0 aliphatic carbocycles. The SMILES string of the molecule is Cc1cc(-c2ccc3ccc4cccc5ccc2c3c45)c2ccc3c(-c4ccc5ccc6cccc7ccc4c5c67)ccc4ccc1c2c43.Cc1ccc2ccc3c(-c4ccc5ccc6c(C)cc(-c7ccc8ccc9c(C)ccc%10ccc7c8c%109)c7ccc4c5c67)ccc4ccc1c2c43. The molecule has 0 saturated heterocycles. The number of benzene rings is 24. The molecule has 100 heavy (non-hydrogen) atoms. The van der Waals surface area contributed by atoms with Crippen LogP contribution in [-0.4, -0.2) is 0 Å². The van der Waals surface area contributed by atoms with Gasteiger partial charge in [-0.2, -0.15) is 0 Å². The van der Waals surface area contributed by atoms with E-state index in [2.05, 4.69) is 319 Å². The van der Waals surface area contributed by atoms with Crippen molar-refractivity contribution in [2.24, 2.45) is 0 Å². The Morgan fingerprint density at radius 1 is 0.120 bits per heavy atom. The standard InChI is InChI=1S/C51H32.C49H28/c1-27-4-6-30-14-22-41-38(19-11-32-8-16-35(27)46(30)48(32)41)39-20-12-34-10-18-37-29(3)26-45(44-25-24-43(39)50(34)51(37)44)40-21-13-33-9-17-36-28(2)5-7-31-15-23-42(40)49(33)47(31)36;1-27-26-43(38-21-15-33-11-9-29-5-3-7-31-17-23-40(38)47(33)45(29)31)42-25-24-41-37(20-14-34-12-18-35(27)49(42)48(34)41)36-19-13-32-10-8-28-4-2-6-30-16-22-39(36)46(32)44(28)30/h4-26H,1-3H3;2-26H,1H3. The molecule has 0 bridgehead atoms. The van der Waals surface area contributed by atoms with E-state index in [1.165, 1.54) is 261 Å². The third-order valence-electron chi connectivity index (χ3n) is 24.0. The molecule has 0 saturated carbocycles. The van der Waals surface area contributed by atoms with Gasteiger partial charge in [-0.1, -0.05) is 291 Å². The van der Waals surface area contributed by atoms with Crippen LogP contribution in [0.3, 0.4) is 0 Å². The quantitative estimate of drug-likeness (QED) is 0.154. The maximum absolute atomic E-state index is 2.43.